The van der Waals surface area contributed by atoms with E-state index in [0.717, 1.165) is 5.56 Å². The van der Waals surface area contributed by atoms with Gasteiger partial charge in [-0.2, -0.15) is 0 Å². The molecule has 6 heteroatoms. The van der Waals surface area contributed by atoms with Gasteiger partial charge in [-0.3, -0.25) is 14.4 Å². The number of ether oxygens (including phenoxy) is 3. The van der Waals surface area contributed by atoms with Gasteiger partial charge in [-0.05, 0) is 36.3 Å². The summed E-state index contributed by atoms with van der Waals surface area (Å²) >= 11 is 0. The van der Waals surface area contributed by atoms with Gasteiger partial charge >= 0.3 is 5.97 Å². The fourth-order valence-corrected chi connectivity index (χ4v) is 2.25. The third kappa shape index (κ3) is 8.98. The summed E-state index contributed by atoms with van der Waals surface area (Å²) in [6, 6.07) is 5.58. The van der Waals surface area contributed by atoms with Crippen LogP contribution < -0.4 is 9.47 Å². The zero-order valence-corrected chi connectivity index (χ0v) is 16.5. The van der Waals surface area contributed by atoms with Crippen molar-refractivity contribution >= 4 is 17.5 Å². The predicted octanol–water partition coefficient (Wildman–Crippen LogP) is 3.40. The largest absolute Gasteiger partial charge is 0.493 e. The van der Waals surface area contributed by atoms with Crippen LogP contribution in [0.25, 0.3) is 0 Å². The van der Waals surface area contributed by atoms with Crippen LogP contribution in [0.5, 0.6) is 11.5 Å². The third-order valence-corrected chi connectivity index (χ3v) is 3.81. The number of benzene rings is 1. The summed E-state index contributed by atoms with van der Waals surface area (Å²) in [4.78, 5) is 34.3. The smallest absolute Gasteiger partial charge is 0.305 e. The number of hydrogen-bond donors (Lipinski definition) is 0. The number of methoxy groups -OCH3 is 3. The van der Waals surface area contributed by atoms with Gasteiger partial charge in [0.2, 0.25) is 0 Å². The lowest BCUT2D eigenvalue weighted by Gasteiger charge is -2.09. The zero-order chi connectivity index (χ0) is 20.8. The molecule has 0 saturated carbocycles. The van der Waals surface area contributed by atoms with Crippen LogP contribution in [0.4, 0.5) is 0 Å². The molecule has 0 saturated heterocycles. The topological polar surface area (TPSA) is 78.9 Å². The first-order valence-corrected chi connectivity index (χ1v) is 8.85. The second-order valence-corrected chi connectivity index (χ2v) is 5.80. The van der Waals surface area contributed by atoms with Crippen molar-refractivity contribution in [1.29, 1.82) is 0 Å². The van der Waals surface area contributed by atoms with Crippen LogP contribution in [0.2, 0.25) is 0 Å². The lowest BCUT2D eigenvalue weighted by molar-refractivity contribution is -0.141. The molecule has 0 unspecified atom stereocenters. The van der Waals surface area contributed by atoms with E-state index in [-0.39, 0.29) is 24.4 Å². The lowest BCUT2D eigenvalue weighted by Crippen LogP contribution is -2.03. The lowest BCUT2D eigenvalue weighted by atomic mass is 10.1. The molecule has 0 fully saturated rings. The van der Waals surface area contributed by atoms with Crippen molar-refractivity contribution < 1.29 is 28.6 Å². The predicted molar refractivity (Wildman–Crippen MR) is 107 cm³/mol. The maximum absolute atomic E-state index is 11.9. The minimum atomic E-state index is -0.410. The SMILES string of the molecule is COC(=O)CCC(=O)/C=C/C=C/C=C/C(=O)CCc1ccc(OC)c(OC)c1. The molecular formula is C22H26O6. The fraction of sp³-hybridized carbons (Fsp3) is 0.318. The Kier molecular flexibility index (Phi) is 10.7. The Morgan fingerprint density at radius 3 is 1.96 bits per heavy atom. The molecule has 0 heterocycles. The van der Waals surface area contributed by atoms with E-state index in [9.17, 15) is 14.4 Å². The van der Waals surface area contributed by atoms with Gasteiger partial charge < -0.3 is 14.2 Å². The molecule has 0 atom stereocenters. The Bertz CT molecular complexity index is 758. The monoisotopic (exact) mass is 386 g/mol. The quantitative estimate of drug-likeness (QED) is 0.311. The van der Waals surface area contributed by atoms with Crippen molar-refractivity contribution in [2.45, 2.75) is 25.7 Å². The standard InChI is InChI=1S/C22H26O6/c1-26-20-14-11-17(16-21(20)27-2)10-12-18(23)8-6-4-5-7-9-19(24)13-15-22(25)28-3/h4-9,11,14,16H,10,12-13,15H2,1-3H3/b5-4+,8-6+,9-7+. The first kappa shape index (κ1) is 22.9. The number of carbonyl (C=O) groups excluding carboxylic acids is 3. The van der Waals surface area contributed by atoms with Crippen LogP contribution in [-0.4, -0.2) is 38.9 Å². The second-order valence-electron chi connectivity index (χ2n) is 5.80. The van der Waals surface area contributed by atoms with Gasteiger partial charge in [-0.25, -0.2) is 0 Å². The highest BCUT2D eigenvalue weighted by Gasteiger charge is 2.06. The summed E-state index contributed by atoms with van der Waals surface area (Å²) < 4.78 is 14.9. The molecule has 0 N–H and O–H groups in total. The Balaban J connectivity index is 2.38. The van der Waals surface area contributed by atoms with E-state index < -0.39 is 5.97 Å². The molecule has 150 valence electrons. The number of aryl methyl sites for hydroxylation is 1. The molecule has 6 nitrogen and oxygen atoms in total. The van der Waals surface area contributed by atoms with E-state index >= 15 is 0 Å². The maximum atomic E-state index is 11.9. The molecule has 0 radical (unpaired) electrons. The van der Waals surface area contributed by atoms with Crippen molar-refractivity contribution in [3.8, 4) is 11.5 Å². The van der Waals surface area contributed by atoms with Crippen molar-refractivity contribution in [3.05, 3.63) is 60.2 Å². The van der Waals surface area contributed by atoms with Crippen molar-refractivity contribution in [2.75, 3.05) is 21.3 Å². The van der Waals surface area contributed by atoms with Gasteiger partial charge in [0, 0.05) is 12.8 Å². The van der Waals surface area contributed by atoms with Gasteiger partial charge in [0.05, 0.1) is 27.8 Å². The molecule has 1 aromatic carbocycles. The summed E-state index contributed by atoms with van der Waals surface area (Å²) in [6.07, 6.45) is 10.5. The number of ketones is 2. The van der Waals surface area contributed by atoms with E-state index in [1.165, 1.54) is 19.3 Å². The number of esters is 1. The van der Waals surface area contributed by atoms with E-state index in [1.807, 2.05) is 18.2 Å². The van der Waals surface area contributed by atoms with Crippen LogP contribution in [-0.2, 0) is 25.5 Å². The number of hydrogen-bond acceptors (Lipinski definition) is 6. The van der Waals surface area contributed by atoms with E-state index in [0.29, 0.717) is 24.3 Å². The molecule has 1 aromatic rings. The Labute approximate surface area is 165 Å². The van der Waals surface area contributed by atoms with Crippen molar-refractivity contribution in [2.24, 2.45) is 0 Å². The number of carbonyl (C=O) groups is 3. The van der Waals surface area contributed by atoms with Crippen LogP contribution in [0.15, 0.2) is 54.7 Å². The van der Waals surface area contributed by atoms with Crippen molar-refractivity contribution in [1.82, 2.24) is 0 Å². The van der Waals surface area contributed by atoms with Crippen LogP contribution in [0, 0.1) is 0 Å². The van der Waals surface area contributed by atoms with E-state index in [2.05, 4.69) is 4.74 Å². The van der Waals surface area contributed by atoms with Gasteiger partial charge in [0.1, 0.15) is 0 Å². The highest BCUT2D eigenvalue weighted by molar-refractivity contribution is 5.92. The molecule has 0 spiro atoms. The third-order valence-electron chi connectivity index (χ3n) is 3.81. The highest BCUT2D eigenvalue weighted by atomic mass is 16.5. The summed E-state index contributed by atoms with van der Waals surface area (Å²) in [5.74, 6) is 0.715. The molecular weight excluding hydrogens is 360 g/mol. The molecule has 0 bridgehead atoms. The van der Waals surface area contributed by atoms with Crippen molar-refractivity contribution in [3.63, 3.8) is 0 Å². The summed E-state index contributed by atoms with van der Waals surface area (Å²) in [5.41, 5.74) is 0.989. The van der Waals surface area contributed by atoms with E-state index in [4.69, 9.17) is 9.47 Å². The number of allylic oxidation sites excluding steroid dienone is 6. The Morgan fingerprint density at radius 2 is 1.39 bits per heavy atom. The van der Waals surface area contributed by atoms with Gasteiger partial charge in [-0.15, -0.1) is 0 Å². The summed E-state index contributed by atoms with van der Waals surface area (Å²) in [5, 5.41) is 0. The number of rotatable bonds is 12. The molecule has 0 amide bonds. The van der Waals surface area contributed by atoms with Crippen LogP contribution >= 0.6 is 0 Å². The summed E-state index contributed by atoms with van der Waals surface area (Å²) in [7, 11) is 4.43. The first-order valence-electron chi connectivity index (χ1n) is 8.85. The Morgan fingerprint density at radius 1 is 0.786 bits per heavy atom. The van der Waals surface area contributed by atoms with Gasteiger partial charge in [0.15, 0.2) is 23.1 Å². The second kappa shape index (κ2) is 13.1. The van der Waals surface area contributed by atoms with E-state index in [1.54, 1.807) is 38.5 Å². The zero-order valence-electron chi connectivity index (χ0n) is 16.5. The minimum absolute atomic E-state index is 0.00225. The maximum Gasteiger partial charge on any atom is 0.305 e. The average Bonchev–Trinajstić information content (AvgIpc) is 2.72. The molecule has 0 aromatic heterocycles. The molecule has 28 heavy (non-hydrogen) atoms. The normalized spacial score (nSPS) is 11.2. The molecule has 0 aliphatic heterocycles. The summed E-state index contributed by atoms with van der Waals surface area (Å²) in [6.45, 7) is 0. The fourth-order valence-electron chi connectivity index (χ4n) is 2.25. The minimum Gasteiger partial charge on any atom is -0.493 e. The Hall–Kier alpha value is -3.15. The average molecular weight is 386 g/mol. The van der Waals surface area contributed by atoms with Gasteiger partial charge in [0.25, 0.3) is 0 Å². The van der Waals surface area contributed by atoms with Crippen LogP contribution in [0.3, 0.4) is 0 Å². The molecule has 1 rings (SSSR count). The van der Waals surface area contributed by atoms with Crippen LogP contribution in [0.1, 0.15) is 24.8 Å². The molecule has 0 aliphatic rings. The highest BCUT2D eigenvalue weighted by Crippen LogP contribution is 2.27. The molecule has 0 aliphatic carbocycles. The first-order chi connectivity index (χ1) is 13.5. The van der Waals surface area contributed by atoms with Gasteiger partial charge in [-0.1, -0.05) is 30.4 Å².